The van der Waals surface area contributed by atoms with Crippen LogP contribution in [0, 0.1) is 5.92 Å². The lowest BCUT2D eigenvalue weighted by Crippen LogP contribution is -2.51. The van der Waals surface area contributed by atoms with E-state index in [1.54, 1.807) is 6.92 Å². The summed E-state index contributed by atoms with van der Waals surface area (Å²) in [5.74, 6) is 0.253. The SMILES string of the molecule is CC(C)CC(C)(CN)NS(=O)(=O)c1cnn(CC(F)F)c1.Cl. The third kappa shape index (κ3) is 6.15. The van der Waals surface area contributed by atoms with Crippen LogP contribution in [0.25, 0.3) is 0 Å². The van der Waals surface area contributed by atoms with Gasteiger partial charge in [0.1, 0.15) is 11.4 Å². The zero-order valence-corrected chi connectivity index (χ0v) is 14.4. The molecular weight excluding hydrogens is 338 g/mol. The predicted octanol–water partition coefficient (Wildman–Crippen LogP) is 1.61. The molecule has 1 aromatic rings. The second-order valence-electron chi connectivity index (χ2n) is 5.76. The Morgan fingerprint density at radius 2 is 2.05 bits per heavy atom. The second-order valence-corrected chi connectivity index (χ2v) is 7.44. The van der Waals surface area contributed by atoms with Gasteiger partial charge in [0.25, 0.3) is 6.43 Å². The minimum absolute atomic E-state index is 0. The van der Waals surface area contributed by atoms with Crippen molar-refractivity contribution in [1.29, 1.82) is 0 Å². The average Bonchev–Trinajstić information content (AvgIpc) is 2.75. The van der Waals surface area contributed by atoms with Crippen molar-refractivity contribution in [2.45, 2.75) is 50.6 Å². The van der Waals surface area contributed by atoms with Crippen molar-refractivity contribution < 1.29 is 17.2 Å². The molecule has 1 aromatic heterocycles. The molecule has 1 unspecified atom stereocenters. The van der Waals surface area contributed by atoms with Gasteiger partial charge >= 0.3 is 0 Å². The fourth-order valence-electron chi connectivity index (χ4n) is 2.18. The molecule has 22 heavy (non-hydrogen) atoms. The number of nitrogens with zero attached hydrogens (tertiary/aromatic N) is 2. The van der Waals surface area contributed by atoms with Gasteiger partial charge in [-0.3, -0.25) is 4.68 Å². The van der Waals surface area contributed by atoms with Crippen LogP contribution in [0.5, 0.6) is 0 Å². The third-order valence-corrected chi connectivity index (χ3v) is 4.53. The molecule has 0 aliphatic rings. The number of alkyl halides is 2. The van der Waals surface area contributed by atoms with E-state index >= 15 is 0 Å². The monoisotopic (exact) mass is 360 g/mol. The Labute approximate surface area is 135 Å². The van der Waals surface area contributed by atoms with Gasteiger partial charge in [0.15, 0.2) is 0 Å². The maximum absolute atomic E-state index is 12.3. The Morgan fingerprint density at radius 3 is 2.50 bits per heavy atom. The molecule has 10 heteroatoms. The van der Waals surface area contributed by atoms with Crippen LogP contribution in [-0.4, -0.2) is 36.7 Å². The lowest BCUT2D eigenvalue weighted by atomic mass is 9.92. The summed E-state index contributed by atoms with van der Waals surface area (Å²) < 4.78 is 52.5. The van der Waals surface area contributed by atoms with E-state index in [-0.39, 0.29) is 29.8 Å². The molecule has 1 heterocycles. The molecule has 3 N–H and O–H groups in total. The second kappa shape index (κ2) is 8.19. The van der Waals surface area contributed by atoms with E-state index in [1.807, 2.05) is 13.8 Å². The normalized spacial score (nSPS) is 14.9. The number of nitrogens with two attached hydrogens (primary N) is 1. The van der Waals surface area contributed by atoms with E-state index in [0.717, 1.165) is 17.1 Å². The van der Waals surface area contributed by atoms with Gasteiger partial charge in [-0.25, -0.2) is 21.9 Å². The molecule has 0 saturated carbocycles. The summed E-state index contributed by atoms with van der Waals surface area (Å²) >= 11 is 0. The van der Waals surface area contributed by atoms with E-state index in [0.29, 0.717) is 6.42 Å². The number of rotatable bonds is 8. The van der Waals surface area contributed by atoms with Crippen LogP contribution in [0.1, 0.15) is 27.2 Å². The Hall–Kier alpha value is -0.770. The first kappa shape index (κ1) is 21.2. The maximum atomic E-state index is 12.3. The molecule has 0 amide bonds. The molecular formula is C12H23ClF2N4O2S. The number of aromatic nitrogens is 2. The zero-order chi connectivity index (χ0) is 16.3. The Kier molecular flexibility index (Phi) is 7.90. The van der Waals surface area contributed by atoms with Gasteiger partial charge in [-0.2, -0.15) is 5.10 Å². The van der Waals surface area contributed by atoms with Crippen LogP contribution < -0.4 is 10.5 Å². The van der Waals surface area contributed by atoms with Crippen LogP contribution in [-0.2, 0) is 16.6 Å². The Balaban J connectivity index is 0.00000441. The van der Waals surface area contributed by atoms with Gasteiger partial charge in [0.05, 0.1) is 6.20 Å². The smallest absolute Gasteiger partial charge is 0.257 e. The molecule has 0 bridgehead atoms. The summed E-state index contributed by atoms with van der Waals surface area (Å²) in [4.78, 5) is -0.147. The molecule has 1 rings (SSSR count). The van der Waals surface area contributed by atoms with Crippen LogP contribution in [0.2, 0.25) is 0 Å². The van der Waals surface area contributed by atoms with Crippen molar-refractivity contribution >= 4 is 22.4 Å². The van der Waals surface area contributed by atoms with Crippen molar-refractivity contribution in [2.75, 3.05) is 6.54 Å². The highest BCUT2D eigenvalue weighted by molar-refractivity contribution is 7.89. The molecule has 130 valence electrons. The molecule has 0 radical (unpaired) electrons. The summed E-state index contributed by atoms with van der Waals surface area (Å²) in [5, 5.41) is 3.63. The van der Waals surface area contributed by atoms with Crippen LogP contribution in [0.4, 0.5) is 8.78 Å². The van der Waals surface area contributed by atoms with Gasteiger partial charge < -0.3 is 5.73 Å². The average molecular weight is 361 g/mol. The Bertz CT molecular complexity index is 565. The van der Waals surface area contributed by atoms with Crippen LogP contribution in [0.15, 0.2) is 17.3 Å². The van der Waals surface area contributed by atoms with Gasteiger partial charge in [-0.05, 0) is 19.3 Å². The number of hydrogen-bond acceptors (Lipinski definition) is 4. The summed E-state index contributed by atoms with van der Waals surface area (Å²) in [6.45, 7) is 5.13. The quantitative estimate of drug-likeness (QED) is 0.737. The lowest BCUT2D eigenvalue weighted by Gasteiger charge is -2.30. The van der Waals surface area contributed by atoms with Crippen molar-refractivity contribution in [3.8, 4) is 0 Å². The van der Waals surface area contributed by atoms with Crippen molar-refractivity contribution in [3.05, 3.63) is 12.4 Å². The first-order valence-corrected chi connectivity index (χ1v) is 8.11. The fraction of sp³-hybridized carbons (Fsp3) is 0.750. The molecule has 6 nitrogen and oxygen atoms in total. The van der Waals surface area contributed by atoms with Gasteiger partial charge in [-0.1, -0.05) is 13.8 Å². The zero-order valence-electron chi connectivity index (χ0n) is 12.8. The largest absolute Gasteiger partial charge is 0.329 e. The van der Waals surface area contributed by atoms with E-state index < -0.39 is 28.5 Å². The highest BCUT2D eigenvalue weighted by Gasteiger charge is 2.31. The fourth-order valence-corrected chi connectivity index (χ4v) is 3.56. The lowest BCUT2D eigenvalue weighted by molar-refractivity contribution is 0.121. The van der Waals surface area contributed by atoms with Crippen LogP contribution in [0.3, 0.4) is 0 Å². The minimum atomic E-state index is -3.85. The predicted molar refractivity (Wildman–Crippen MR) is 82.7 cm³/mol. The van der Waals surface area contributed by atoms with Crippen molar-refractivity contribution in [2.24, 2.45) is 11.7 Å². The van der Waals surface area contributed by atoms with Gasteiger partial charge in [-0.15, -0.1) is 12.4 Å². The molecule has 0 saturated heterocycles. The first-order chi connectivity index (χ1) is 9.58. The van der Waals surface area contributed by atoms with Gasteiger partial charge in [0.2, 0.25) is 10.0 Å². The molecule has 0 spiro atoms. The Morgan fingerprint density at radius 1 is 1.45 bits per heavy atom. The molecule has 0 aromatic carbocycles. The van der Waals surface area contributed by atoms with E-state index in [4.69, 9.17) is 5.73 Å². The topological polar surface area (TPSA) is 90.0 Å². The van der Waals surface area contributed by atoms with E-state index in [1.165, 1.54) is 0 Å². The highest BCUT2D eigenvalue weighted by Crippen LogP contribution is 2.19. The summed E-state index contributed by atoms with van der Waals surface area (Å²) in [6.07, 6.45) is 0.106. The number of sulfonamides is 1. The van der Waals surface area contributed by atoms with Crippen molar-refractivity contribution in [3.63, 3.8) is 0 Å². The van der Waals surface area contributed by atoms with E-state index in [9.17, 15) is 17.2 Å². The minimum Gasteiger partial charge on any atom is -0.329 e. The number of hydrogen-bond donors (Lipinski definition) is 2. The molecule has 0 aliphatic heterocycles. The van der Waals surface area contributed by atoms with E-state index in [2.05, 4.69) is 9.82 Å². The molecule has 0 aliphatic carbocycles. The van der Waals surface area contributed by atoms with Crippen molar-refractivity contribution in [1.82, 2.24) is 14.5 Å². The summed E-state index contributed by atoms with van der Waals surface area (Å²) in [6, 6.07) is 0. The van der Waals surface area contributed by atoms with Crippen LogP contribution >= 0.6 is 12.4 Å². The number of halogens is 3. The molecule has 1 atom stereocenters. The van der Waals surface area contributed by atoms with Gasteiger partial charge in [0, 0.05) is 18.3 Å². The number of nitrogens with one attached hydrogen (secondary N) is 1. The highest BCUT2D eigenvalue weighted by atomic mass is 35.5. The summed E-state index contributed by atoms with van der Waals surface area (Å²) in [7, 11) is -3.85. The standard InChI is InChI=1S/C12H22F2N4O2S.ClH/c1-9(2)4-12(3,8-15)17-21(19,20)10-5-16-18(6-10)7-11(13)14;/h5-6,9,11,17H,4,7-8,15H2,1-3H3;1H. The third-order valence-electron chi connectivity index (χ3n) is 2.93. The summed E-state index contributed by atoms with van der Waals surface area (Å²) in [5.41, 5.74) is 4.87. The maximum Gasteiger partial charge on any atom is 0.257 e. The first-order valence-electron chi connectivity index (χ1n) is 6.62. The molecule has 0 fully saturated rings.